The molecule has 0 aromatic carbocycles. The Kier molecular flexibility index (Phi) is 52.7. The minimum absolute atomic E-state index is 0.178. The number of esters is 2. The van der Waals surface area contributed by atoms with Crippen molar-refractivity contribution in [2.24, 2.45) is 0 Å². The summed E-state index contributed by atoms with van der Waals surface area (Å²) in [6.45, 7) is 4.62. The number of ether oxygens (including phenoxy) is 4. The molecule has 0 aliphatic heterocycles. The Morgan fingerprint density at radius 3 is 1.07 bits per heavy atom. The standard InChI is InChI=1S/C66H109NO8/c1-6-8-10-12-14-16-18-20-22-24-26-28-29-30-31-32-33-34-35-37-39-41-43-45-47-49-51-53-55-57-64(69)75-62(61-74-66(65(70)71)72-59-58-67(3,4)5)60-73-63(68)56-54-52-50-48-46-44-42-40-38-36-27-25-23-21-19-17-15-13-11-9-7-2/h8-11,14-17,20-23,26-28,30-31,36,40,42,62,66H,6-7,12-13,18-19,24-25,29,32-35,37-39,41,43-61H2,1-5H3/p+1/b10-8-,11-9-,16-14-,17-15-,22-20-,23-21-,28-26-,31-30-,36-27-,42-40-. The third kappa shape index (κ3) is 57.2. The van der Waals surface area contributed by atoms with Crippen molar-refractivity contribution in [3.8, 4) is 0 Å². The number of carbonyl (C=O) groups excluding carboxylic acids is 2. The first-order valence-electron chi connectivity index (χ1n) is 29.7. The van der Waals surface area contributed by atoms with Gasteiger partial charge in [-0.2, -0.15) is 0 Å². The van der Waals surface area contributed by atoms with Crippen molar-refractivity contribution in [3.05, 3.63) is 122 Å². The summed E-state index contributed by atoms with van der Waals surface area (Å²) in [5.41, 5.74) is 0. The Hall–Kier alpha value is -4.31. The zero-order valence-electron chi connectivity index (χ0n) is 48.4. The number of carboxylic acid groups (broad SMARTS) is 1. The molecule has 9 heteroatoms. The average Bonchev–Trinajstić information content (AvgIpc) is 3.38. The largest absolute Gasteiger partial charge is 0.477 e. The van der Waals surface area contributed by atoms with E-state index in [1.807, 2.05) is 21.1 Å². The highest BCUT2D eigenvalue weighted by Crippen LogP contribution is 2.15. The molecule has 0 spiro atoms. The molecule has 0 bridgehead atoms. The van der Waals surface area contributed by atoms with E-state index in [2.05, 4.69) is 135 Å². The molecule has 0 radical (unpaired) electrons. The zero-order chi connectivity index (χ0) is 54.8. The maximum atomic E-state index is 12.9. The van der Waals surface area contributed by atoms with Crippen LogP contribution in [0.3, 0.4) is 0 Å². The molecule has 0 fully saturated rings. The fourth-order valence-electron chi connectivity index (χ4n) is 7.71. The van der Waals surface area contributed by atoms with E-state index in [1.165, 1.54) is 64.2 Å². The third-order valence-electron chi connectivity index (χ3n) is 12.2. The van der Waals surface area contributed by atoms with E-state index in [0.29, 0.717) is 17.4 Å². The van der Waals surface area contributed by atoms with E-state index >= 15 is 0 Å². The molecule has 0 aliphatic carbocycles. The summed E-state index contributed by atoms with van der Waals surface area (Å²) in [6.07, 6.45) is 75.6. The molecular weight excluding hydrogens is 935 g/mol. The van der Waals surface area contributed by atoms with Crippen LogP contribution in [0.2, 0.25) is 0 Å². The SMILES string of the molecule is CC/C=C\C/C=C\C/C=C\C/C=C\C/C=C\CCCCCCCCCCCCCCCC(=O)OC(COC(=O)CCCCCCC/C=C\C/C=C\C/C=C\C/C=C\C/C=C\CC)COC(OCC[N+](C)(C)C)C(=O)O. The molecule has 0 aromatic rings. The number of quaternary nitrogens is 1. The number of carbonyl (C=O) groups is 3. The van der Waals surface area contributed by atoms with Crippen LogP contribution < -0.4 is 0 Å². The summed E-state index contributed by atoms with van der Waals surface area (Å²) in [4.78, 5) is 37.5. The molecule has 426 valence electrons. The summed E-state index contributed by atoms with van der Waals surface area (Å²) < 4.78 is 22.9. The summed E-state index contributed by atoms with van der Waals surface area (Å²) in [6, 6.07) is 0. The minimum atomic E-state index is -1.52. The van der Waals surface area contributed by atoms with Crippen LogP contribution in [0.1, 0.15) is 219 Å². The van der Waals surface area contributed by atoms with Gasteiger partial charge in [-0.15, -0.1) is 0 Å². The van der Waals surface area contributed by atoms with Gasteiger partial charge in [0, 0.05) is 12.8 Å². The average molecular weight is 1050 g/mol. The van der Waals surface area contributed by atoms with Gasteiger partial charge in [0.1, 0.15) is 13.2 Å². The summed E-state index contributed by atoms with van der Waals surface area (Å²) in [7, 11) is 5.95. The number of allylic oxidation sites excluding steroid dienone is 20. The van der Waals surface area contributed by atoms with Gasteiger partial charge < -0.3 is 28.5 Å². The molecule has 0 saturated heterocycles. The first-order chi connectivity index (χ1) is 36.6. The third-order valence-corrected chi connectivity index (χ3v) is 12.2. The second-order valence-corrected chi connectivity index (χ2v) is 20.5. The number of carboxylic acids is 1. The monoisotopic (exact) mass is 1040 g/mol. The summed E-state index contributed by atoms with van der Waals surface area (Å²) >= 11 is 0. The highest BCUT2D eigenvalue weighted by molar-refractivity contribution is 5.71. The second-order valence-electron chi connectivity index (χ2n) is 20.5. The lowest BCUT2D eigenvalue weighted by Gasteiger charge is -2.25. The lowest BCUT2D eigenvalue weighted by molar-refractivity contribution is -0.870. The Bertz CT molecular complexity index is 1640. The molecule has 0 rings (SSSR count). The van der Waals surface area contributed by atoms with Crippen molar-refractivity contribution < 1.29 is 42.9 Å². The van der Waals surface area contributed by atoms with Gasteiger partial charge in [-0.1, -0.05) is 225 Å². The van der Waals surface area contributed by atoms with Crippen molar-refractivity contribution in [1.82, 2.24) is 0 Å². The van der Waals surface area contributed by atoms with E-state index in [9.17, 15) is 19.5 Å². The predicted molar refractivity (Wildman–Crippen MR) is 318 cm³/mol. The second kappa shape index (κ2) is 55.9. The number of likely N-dealkylation sites (N-methyl/N-ethyl adjacent to an activating group) is 1. The number of hydrogen-bond acceptors (Lipinski definition) is 7. The van der Waals surface area contributed by atoms with Crippen LogP contribution in [0.5, 0.6) is 0 Å². The lowest BCUT2D eigenvalue weighted by atomic mass is 10.0. The molecule has 1 N–H and O–H groups in total. The van der Waals surface area contributed by atoms with Crippen LogP contribution >= 0.6 is 0 Å². The Labute approximate surface area is 459 Å². The van der Waals surface area contributed by atoms with Crippen LogP contribution in [0.15, 0.2) is 122 Å². The van der Waals surface area contributed by atoms with Gasteiger partial charge in [-0.25, -0.2) is 4.79 Å². The van der Waals surface area contributed by atoms with Gasteiger partial charge in [-0.3, -0.25) is 9.59 Å². The predicted octanol–water partition coefficient (Wildman–Crippen LogP) is 17.7. The number of nitrogens with zero attached hydrogens (tertiary/aromatic N) is 1. The van der Waals surface area contributed by atoms with Crippen LogP contribution in [-0.2, 0) is 33.3 Å². The maximum Gasteiger partial charge on any atom is 0.361 e. The molecule has 0 amide bonds. The highest BCUT2D eigenvalue weighted by atomic mass is 16.7. The van der Waals surface area contributed by atoms with Gasteiger partial charge in [-0.05, 0) is 103 Å². The van der Waals surface area contributed by atoms with E-state index in [1.54, 1.807) is 0 Å². The molecule has 75 heavy (non-hydrogen) atoms. The van der Waals surface area contributed by atoms with Crippen LogP contribution in [0, 0.1) is 0 Å². The first kappa shape index (κ1) is 70.7. The molecular formula is C66H110NO8+. The molecule has 2 unspecified atom stereocenters. The van der Waals surface area contributed by atoms with Gasteiger partial charge >= 0.3 is 17.9 Å². The van der Waals surface area contributed by atoms with Gasteiger partial charge in [0.25, 0.3) is 6.29 Å². The quantitative estimate of drug-likeness (QED) is 0.0211. The van der Waals surface area contributed by atoms with E-state index in [0.717, 1.165) is 122 Å². The highest BCUT2D eigenvalue weighted by Gasteiger charge is 2.25. The summed E-state index contributed by atoms with van der Waals surface area (Å²) in [5.74, 6) is -2.04. The number of hydrogen-bond donors (Lipinski definition) is 1. The van der Waals surface area contributed by atoms with E-state index in [-0.39, 0.29) is 38.6 Å². The van der Waals surface area contributed by atoms with Gasteiger partial charge in [0.2, 0.25) is 0 Å². The smallest absolute Gasteiger partial charge is 0.361 e. The molecule has 0 saturated carbocycles. The molecule has 0 aliphatic rings. The van der Waals surface area contributed by atoms with Crippen molar-refractivity contribution in [2.45, 2.75) is 232 Å². The Morgan fingerprint density at radius 2 is 0.720 bits per heavy atom. The van der Waals surface area contributed by atoms with E-state index < -0.39 is 24.3 Å². The normalized spacial score (nSPS) is 13.7. The number of unbranched alkanes of at least 4 members (excludes halogenated alkanes) is 18. The molecule has 0 heterocycles. The van der Waals surface area contributed by atoms with Crippen LogP contribution in [-0.4, -0.2) is 87.4 Å². The Balaban J connectivity index is 4.27. The van der Waals surface area contributed by atoms with Crippen molar-refractivity contribution in [3.63, 3.8) is 0 Å². The van der Waals surface area contributed by atoms with Crippen molar-refractivity contribution in [2.75, 3.05) is 47.5 Å². The van der Waals surface area contributed by atoms with Crippen molar-refractivity contribution >= 4 is 17.9 Å². The maximum absolute atomic E-state index is 12.9. The molecule has 2 atom stereocenters. The van der Waals surface area contributed by atoms with Gasteiger partial charge in [0.15, 0.2) is 6.10 Å². The fraction of sp³-hybridized carbons (Fsp3) is 0.652. The zero-order valence-corrected chi connectivity index (χ0v) is 48.4. The van der Waals surface area contributed by atoms with Crippen molar-refractivity contribution in [1.29, 1.82) is 0 Å². The lowest BCUT2D eigenvalue weighted by Crippen LogP contribution is -2.40. The number of rotatable bonds is 53. The fourth-order valence-corrected chi connectivity index (χ4v) is 7.71. The van der Waals surface area contributed by atoms with E-state index in [4.69, 9.17) is 18.9 Å². The van der Waals surface area contributed by atoms with Crippen LogP contribution in [0.25, 0.3) is 0 Å². The van der Waals surface area contributed by atoms with Crippen LogP contribution in [0.4, 0.5) is 0 Å². The topological polar surface area (TPSA) is 108 Å². The first-order valence-corrected chi connectivity index (χ1v) is 29.7. The number of aliphatic carboxylic acids is 1. The van der Waals surface area contributed by atoms with Gasteiger partial charge in [0.05, 0.1) is 34.4 Å². The minimum Gasteiger partial charge on any atom is -0.477 e. The summed E-state index contributed by atoms with van der Waals surface area (Å²) in [5, 5.41) is 9.71. The Morgan fingerprint density at radius 1 is 0.400 bits per heavy atom. The molecule has 9 nitrogen and oxygen atoms in total. The molecule has 0 aromatic heterocycles.